The number of hydrogen-bond donors (Lipinski definition) is 1. The van der Waals surface area contributed by atoms with Crippen LogP contribution in [0.5, 0.6) is 0 Å². The molecule has 0 unspecified atom stereocenters. The van der Waals surface area contributed by atoms with E-state index in [1.165, 1.54) is 16.6 Å². The molecule has 0 aliphatic rings. The summed E-state index contributed by atoms with van der Waals surface area (Å²) in [7, 11) is 2.07. The molecule has 1 amide bonds. The van der Waals surface area contributed by atoms with Crippen LogP contribution in [0.4, 0.5) is 0 Å². The van der Waals surface area contributed by atoms with E-state index in [0.717, 1.165) is 18.4 Å². The van der Waals surface area contributed by atoms with E-state index in [1.54, 1.807) is 0 Å². The first-order chi connectivity index (χ1) is 9.11. The minimum absolute atomic E-state index is 0.145. The molecule has 0 saturated heterocycles. The van der Waals surface area contributed by atoms with Gasteiger partial charge in [0.1, 0.15) is 0 Å². The fourth-order valence-corrected chi connectivity index (χ4v) is 2.27. The Kier molecular flexibility index (Phi) is 4.25. The number of carbonyl (C=O) groups is 1. The number of fused-ring (bicyclic) bond motifs is 1. The first-order valence-electron chi connectivity index (χ1n) is 6.93. The molecule has 0 aliphatic heterocycles. The highest BCUT2D eigenvalue weighted by molar-refractivity contribution is 5.82. The van der Waals surface area contributed by atoms with Crippen LogP contribution < -0.4 is 5.32 Å². The quantitative estimate of drug-likeness (QED) is 0.877. The van der Waals surface area contributed by atoms with Crippen molar-refractivity contribution in [1.82, 2.24) is 9.88 Å². The molecule has 102 valence electrons. The zero-order valence-electron chi connectivity index (χ0n) is 12.0. The van der Waals surface area contributed by atoms with Gasteiger partial charge in [0.05, 0.1) is 0 Å². The maximum Gasteiger partial charge on any atom is 0.220 e. The minimum Gasteiger partial charge on any atom is -0.352 e. The van der Waals surface area contributed by atoms with Crippen molar-refractivity contribution >= 4 is 16.8 Å². The number of nitrogens with one attached hydrogen (secondary N) is 1. The molecular weight excluding hydrogens is 236 g/mol. The zero-order chi connectivity index (χ0) is 13.8. The molecule has 3 nitrogen and oxygen atoms in total. The maximum absolute atomic E-state index is 11.6. The molecule has 1 aromatic heterocycles. The summed E-state index contributed by atoms with van der Waals surface area (Å²) in [5.74, 6) is 0.145. The normalized spacial score (nSPS) is 10.9. The monoisotopic (exact) mass is 258 g/mol. The zero-order valence-corrected chi connectivity index (χ0v) is 12.0. The Morgan fingerprint density at radius 1 is 1.32 bits per heavy atom. The molecule has 3 heteroatoms. The summed E-state index contributed by atoms with van der Waals surface area (Å²) < 4.78 is 2.18. The van der Waals surface area contributed by atoms with Crippen LogP contribution in [0.25, 0.3) is 10.9 Å². The molecule has 2 aromatic rings. The molecule has 2 rings (SSSR count). The summed E-state index contributed by atoms with van der Waals surface area (Å²) in [6.07, 6.45) is 2.65. The van der Waals surface area contributed by atoms with Crippen molar-refractivity contribution in [2.45, 2.75) is 39.7 Å². The molecule has 1 aromatic carbocycles. The fourth-order valence-electron chi connectivity index (χ4n) is 2.27. The first kappa shape index (κ1) is 13.7. The highest BCUT2D eigenvalue weighted by Crippen LogP contribution is 2.19. The summed E-state index contributed by atoms with van der Waals surface area (Å²) in [5.41, 5.74) is 3.64. The van der Waals surface area contributed by atoms with Gasteiger partial charge in [-0.2, -0.15) is 0 Å². The van der Waals surface area contributed by atoms with Crippen molar-refractivity contribution in [3.05, 3.63) is 35.5 Å². The van der Waals surface area contributed by atoms with Gasteiger partial charge in [0, 0.05) is 36.6 Å². The molecule has 1 heterocycles. The van der Waals surface area contributed by atoms with Crippen LogP contribution in [0, 0.1) is 6.92 Å². The second-order valence-corrected chi connectivity index (χ2v) is 5.12. The number of nitrogens with zero attached hydrogens (tertiary/aromatic N) is 1. The summed E-state index contributed by atoms with van der Waals surface area (Å²) in [4.78, 5) is 11.6. The van der Waals surface area contributed by atoms with E-state index in [9.17, 15) is 4.79 Å². The summed E-state index contributed by atoms with van der Waals surface area (Å²) in [5, 5.41) is 4.21. The number of benzene rings is 1. The fraction of sp³-hybridized carbons (Fsp3) is 0.438. The van der Waals surface area contributed by atoms with Crippen molar-refractivity contribution in [3.63, 3.8) is 0 Å². The SMILES string of the molecule is CCCCC(=O)NCc1ccc2c(c1)cc(C)n2C. The Bertz CT molecular complexity index is 584. The van der Waals surface area contributed by atoms with Gasteiger partial charge < -0.3 is 9.88 Å². The van der Waals surface area contributed by atoms with Crippen LogP contribution in [0.1, 0.15) is 37.4 Å². The second kappa shape index (κ2) is 5.91. The highest BCUT2D eigenvalue weighted by atomic mass is 16.1. The molecular formula is C16H22N2O. The third-order valence-electron chi connectivity index (χ3n) is 3.59. The number of aromatic nitrogens is 1. The van der Waals surface area contributed by atoms with Crippen molar-refractivity contribution in [2.75, 3.05) is 0 Å². The van der Waals surface area contributed by atoms with Crippen LogP contribution >= 0.6 is 0 Å². The van der Waals surface area contributed by atoms with E-state index in [0.29, 0.717) is 13.0 Å². The van der Waals surface area contributed by atoms with E-state index >= 15 is 0 Å². The van der Waals surface area contributed by atoms with Crippen LogP contribution in [0.2, 0.25) is 0 Å². The summed E-state index contributed by atoms with van der Waals surface area (Å²) in [6.45, 7) is 4.82. The molecule has 1 N–H and O–H groups in total. The lowest BCUT2D eigenvalue weighted by Gasteiger charge is -2.05. The first-order valence-corrected chi connectivity index (χ1v) is 6.93. The van der Waals surface area contributed by atoms with Gasteiger partial charge in [0.2, 0.25) is 5.91 Å². The molecule has 0 aliphatic carbocycles. The standard InChI is InChI=1S/C16H22N2O/c1-4-5-6-16(19)17-11-13-7-8-15-14(10-13)9-12(2)18(15)3/h7-10H,4-6,11H2,1-3H3,(H,17,19). The van der Waals surface area contributed by atoms with Crippen LogP contribution in [-0.2, 0) is 18.4 Å². The van der Waals surface area contributed by atoms with E-state index in [-0.39, 0.29) is 5.91 Å². The number of aryl methyl sites for hydroxylation is 2. The van der Waals surface area contributed by atoms with Crippen molar-refractivity contribution in [1.29, 1.82) is 0 Å². The summed E-state index contributed by atoms with van der Waals surface area (Å²) >= 11 is 0. The van der Waals surface area contributed by atoms with Gasteiger partial charge in [-0.1, -0.05) is 19.4 Å². The van der Waals surface area contributed by atoms with Gasteiger partial charge in [-0.05, 0) is 37.1 Å². The van der Waals surface area contributed by atoms with Crippen molar-refractivity contribution in [3.8, 4) is 0 Å². The van der Waals surface area contributed by atoms with Crippen LogP contribution in [-0.4, -0.2) is 10.5 Å². The Balaban J connectivity index is 2.03. The van der Waals surface area contributed by atoms with Crippen LogP contribution in [0.15, 0.2) is 24.3 Å². The number of rotatable bonds is 5. The Morgan fingerprint density at radius 3 is 2.84 bits per heavy atom. The summed E-state index contributed by atoms with van der Waals surface area (Å²) in [6, 6.07) is 8.54. The van der Waals surface area contributed by atoms with Gasteiger partial charge in [0.15, 0.2) is 0 Å². The molecule has 0 fully saturated rings. The average Bonchev–Trinajstić information content (AvgIpc) is 2.69. The van der Waals surface area contributed by atoms with E-state index in [4.69, 9.17) is 0 Å². The van der Waals surface area contributed by atoms with E-state index in [1.807, 2.05) is 0 Å². The number of hydrogen-bond acceptors (Lipinski definition) is 1. The number of unbranched alkanes of at least 4 members (excludes halogenated alkanes) is 1. The third kappa shape index (κ3) is 3.16. The molecule has 0 saturated carbocycles. The Hall–Kier alpha value is -1.77. The van der Waals surface area contributed by atoms with Gasteiger partial charge in [-0.3, -0.25) is 4.79 Å². The molecule has 0 bridgehead atoms. The Morgan fingerprint density at radius 2 is 2.11 bits per heavy atom. The predicted octanol–water partition coefficient (Wildman–Crippen LogP) is 3.29. The molecule has 0 spiro atoms. The topological polar surface area (TPSA) is 34.0 Å². The van der Waals surface area contributed by atoms with Gasteiger partial charge in [-0.15, -0.1) is 0 Å². The lowest BCUT2D eigenvalue weighted by molar-refractivity contribution is -0.121. The molecule has 0 radical (unpaired) electrons. The lowest BCUT2D eigenvalue weighted by Crippen LogP contribution is -2.22. The van der Waals surface area contributed by atoms with Gasteiger partial charge >= 0.3 is 0 Å². The van der Waals surface area contributed by atoms with Crippen LogP contribution in [0.3, 0.4) is 0 Å². The van der Waals surface area contributed by atoms with Gasteiger partial charge in [-0.25, -0.2) is 0 Å². The molecule has 0 atom stereocenters. The lowest BCUT2D eigenvalue weighted by atomic mass is 10.1. The number of amides is 1. The minimum atomic E-state index is 0.145. The molecule has 19 heavy (non-hydrogen) atoms. The smallest absolute Gasteiger partial charge is 0.220 e. The number of carbonyl (C=O) groups excluding carboxylic acids is 1. The largest absolute Gasteiger partial charge is 0.352 e. The third-order valence-corrected chi connectivity index (χ3v) is 3.59. The van der Waals surface area contributed by atoms with Crippen molar-refractivity contribution < 1.29 is 4.79 Å². The van der Waals surface area contributed by atoms with Gasteiger partial charge in [0.25, 0.3) is 0 Å². The Labute approximate surface area is 114 Å². The highest BCUT2D eigenvalue weighted by Gasteiger charge is 2.04. The predicted molar refractivity (Wildman–Crippen MR) is 79.0 cm³/mol. The van der Waals surface area contributed by atoms with E-state index in [2.05, 4.69) is 55.0 Å². The average molecular weight is 258 g/mol. The van der Waals surface area contributed by atoms with E-state index < -0.39 is 0 Å². The maximum atomic E-state index is 11.6. The second-order valence-electron chi connectivity index (χ2n) is 5.12. The van der Waals surface area contributed by atoms with Crippen molar-refractivity contribution in [2.24, 2.45) is 7.05 Å².